The molecule has 0 bridgehead atoms. The first-order chi connectivity index (χ1) is 7.04. The SMILES string of the molecule is N#Cc1sc2ccccc2c1C(F)(F)F. The van der Waals surface area contributed by atoms with Crippen molar-refractivity contribution in [1.29, 1.82) is 5.26 Å². The molecule has 1 aromatic carbocycles. The predicted molar refractivity (Wildman–Crippen MR) is 51.5 cm³/mol. The molecule has 0 saturated heterocycles. The number of benzene rings is 1. The molecule has 76 valence electrons. The van der Waals surface area contributed by atoms with E-state index in [1.165, 1.54) is 12.1 Å². The Labute approximate surface area is 87.4 Å². The van der Waals surface area contributed by atoms with Gasteiger partial charge in [-0.1, -0.05) is 18.2 Å². The van der Waals surface area contributed by atoms with Gasteiger partial charge in [0.05, 0.1) is 5.56 Å². The van der Waals surface area contributed by atoms with Crippen molar-refractivity contribution in [2.45, 2.75) is 6.18 Å². The van der Waals surface area contributed by atoms with Crippen LogP contribution in [0.3, 0.4) is 0 Å². The van der Waals surface area contributed by atoms with E-state index < -0.39 is 11.7 Å². The molecule has 1 nitrogen and oxygen atoms in total. The van der Waals surface area contributed by atoms with Gasteiger partial charge in [-0.05, 0) is 6.07 Å². The van der Waals surface area contributed by atoms with Crippen molar-refractivity contribution in [2.75, 3.05) is 0 Å². The second-order valence-electron chi connectivity index (χ2n) is 2.91. The van der Waals surface area contributed by atoms with E-state index in [0.717, 1.165) is 11.3 Å². The molecule has 0 saturated carbocycles. The van der Waals surface area contributed by atoms with E-state index in [1.54, 1.807) is 18.2 Å². The van der Waals surface area contributed by atoms with Gasteiger partial charge in [-0.15, -0.1) is 11.3 Å². The van der Waals surface area contributed by atoms with Crippen LogP contribution in [0, 0.1) is 11.3 Å². The van der Waals surface area contributed by atoms with E-state index in [1.807, 2.05) is 0 Å². The van der Waals surface area contributed by atoms with Crippen LogP contribution in [0.1, 0.15) is 10.4 Å². The zero-order valence-electron chi connectivity index (χ0n) is 7.30. The van der Waals surface area contributed by atoms with Crippen LogP contribution >= 0.6 is 11.3 Å². The minimum Gasteiger partial charge on any atom is -0.192 e. The Morgan fingerprint density at radius 3 is 2.47 bits per heavy atom. The molecular weight excluding hydrogens is 223 g/mol. The van der Waals surface area contributed by atoms with Gasteiger partial charge in [0.2, 0.25) is 0 Å². The number of rotatable bonds is 0. The first-order valence-electron chi connectivity index (χ1n) is 4.03. The van der Waals surface area contributed by atoms with Gasteiger partial charge in [-0.3, -0.25) is 0 Å². The molecule has 15 heavy (non-hydrogen) atoms. The summed E-state index contributed by atoms with van der Waals surface area (Å²) in [6.45, 7) is 0. The fourth-order valence-corrected chi connectivity index (χ4v) is 2.43. The lowest BCUT2D eigenvalue weighted by molar-refractivity contribution is -0.136. The van der Waals surface area contributed by atoms with Crippen molar-refractivity contribution in [3.8, 4) is 6.07 Å². The van der Waals surface area contributed by atoms with E-state index in [4.69, 9.17) is 5.26 Å². The van der Waals surface area contributed by atoms with E-state index in [-0.39, 0.29) is 10.3 Å². The van der Waals surface area contributed by atoms with Crippen molar-refractivity contribution < 1.29 is 13.2 Å². The molecule has 5 heteroatoms. The fourth-order valence-electron chi connectivity index (χ4n) is 1.41. The number of thiophene rings is 1. The molecule has 2 rings (SSSR count). The molecule has 0 amide bonds. The maximum Gasteiger partial charge on any atom is 0.419 e. The highest BCUT2D eigenvalue weighted by atomic mass is 32.1. The lowest BCUT2D eigenvalue weighted by atomic mass is 10.1. The van der Waals surface area contributed by atoms with Crippen molar-refractivity contribution >= 4 is 21.4 Å². The smallest absolute Gasteiger partial charge is 0.192 e. The maximum absolute atomic E-state index is 12.7. The van der Waals surface area contributed by atoms with Gasteiger partial charge >= 0.3 is 6.18 Å². The second-order valence-corrected chi connectivity index (χ2v) is 3.96. The number of hydrogen-bond donors (Lipinski definition) is 0. The van der Waals surface area contributed by atoms with Gasteiger partial charge in [-0.2, -0.15) is 18.4 Å². The first-order valence-corrected chi connectivity index (χ1v) is 4.84. The number of nitriles is 1. The van der Waals surface area contributed by atoms with Crippen LogP contribution in [0.15, 0.2) is 24.3 Å². The Morgan fingerprint density at radius 1 is 1.20 bits per heavy atom. The normalized spacial score (nSPS) is 11.6. The largest absolute Gasteiger partial charge is 0.419 e. The highest BCUT2D eigenvalue weighted by Gasteiger charge is 2.37. The van der Waals surface area contributed by atoms with E-state index >= 15 is 0 Å². The molecule has 0 atom stereocenters. The zero-order valence-corrected chi connectivity index (χ0v) is 8.12. The molecule has 0 aliphatic carbocycles. The third kappa shape index (κ3) is 1.57. The van der Waals surface area contributed by atoms with Gasteiger partial charge in [0.1, 0.15) is 10.9 Å². The fraction of sp³-hybridized carbons (Fsp3) is 0.100. The van der Waals surface area contributed by atoms with Gasteiger partial charge in [0, 0.05) is 10.1 Å². The first kappa shape index (κ1) is 9.99. The molecule has 1 heterocycles. The summed E-state index contributed by atoms with van der Waals surface area (Å²) in [7, 11) is 0. The molecule has 0 N–H and O–H groups in total. The van der Waals surface area contributed by atoms with E-state index in [9.17, 15) is 13.2 Å². The average Bonchev–Trinajstić information content (AvgIpc) is 2.54. The summed E-state index contributed by atoms with van der Waals surface area (Å²) in [5.41, 5.74) is -0.814. The summed E-state index contributed by atoms with van der Waals surface area (Å²) in [5, 5.41) is 8.75. The monoisotopic (exact) mass is 227 g/mol. The molecule has 0 aliphatic rings. The van der Waals surface area contributed by atoms with Crippen LogP contribution < -0.4 is 0 Å². The molecule has 0 fully saturated rings. The van der Waals surface area contributed by atoms with Crippen LogP contribution in [-0.4, -0.2) is 0 Å². The van der Waals surface area contributed by atoms with Crippen LogP contribution in [0.2, 0.25) is 0 Å². The van der Waals surface area contributed by atoms with Gasteiger partial charge < -0.3 is 0 Å². The summed E-state index contributed by atoms with van der Waals surface area (Å²) in [5.74, 6) is 0. The Hall–Kier alpha value is -1.54. The zero-order chi connectivity index (χ0) is 11.1. The Bertz CT molecular complexity index is 548. The number of hydrogen-bond acceptors (Lipinski definition) is 2. The van der Waals surface area contributed by atoms with Crippen LogP contribution in [0.25, 0.3) is 10.1 Å². The number of halogens is 3. The highest BCUT2D eigenvalue weighted by molar-refractivity contribution is 7.19. The molecule has 0 spiro atoms. The van der Waals surface area contributed by atoms with Crippen LogP contribution in [-0.2, 0) is 6.18 Å². The second kappa shape index (κ2) is 3.24. The quantitative estimate of drug-likeness (QED) is 0.671. The number of alkyl halides is 3. The van der Waals surface area contributed by atoms with Crippen molar-refractivity contribution in [3.63, 3.8) is 0 Å². The third-order valence-corrected chi connectivity index (χ3v) is 3.06. The Kier molecular flexibility index (Phi) is 2.16. The molecular formula is C10H4F3NS. The molecule has 0 radical (unpaired) electrons. The standard InChI is InChI=1S/C10H4F3NS/c11-10(12,13)9-6-3-1-2-4-7(6)15-8(9)5-14/h1-4H. The van der Waals surface area contributed by atoms with E-state index in [2.05, 4.69) is 0 Å². The van der Waals surface area contributed by atoms with Crippen molar-refractivity contribution in [1.82, 2.24) is 0 Å². The summed E-state index contributed by atoms with van der Waals surface area (Å²) in [6, 6.07) is 7.74. The summed E-state index contributed by atoms with van der Waals surface area (Å²) >= 11 is 0.870. The lowest BCUT2D eigenvalue weighted by Crippen LogP contribution is -2.05. The molecule has 0 aliphatic heterocycles. The molecule has 0 unspecified atom stereocenters. The van der Waals surface area contributed by atoms with Crippen molar-refractivity contribution in [3.05, 3.63) is 34.7 Å². The van der Waals surface area contributed by atoms with E-state index in [0.29, 0.717) is 4.70 Å². The summed E-state index contributed by atoms with van der Waals surface area (Å²) < 4.78 is 38.5. The van der Waals surface area contributed by atoms with Gasteiger partial charge in [0.15, 0.2) is 0 Å². The third-order valence-electron chi connectivity index (χ3n) is 1.98. The van der Waals surface area contributed by atoms with Crippen LogP contribution in [0.5, 0.6) is 0 Å². The lowest BCUT2D eigenvalue weighted by Gasteiger charge is -2.04. The Balaban J connectivity index is 2.86. The average molecular weight is 227 g/mol. The van der Waals surface area contributed by atoms with Gasteiger partial charge in [-0.25, -0.2) is 0 Å². The summed E-state index contributed by atoms with van der Waals surface area (Å²) in [4.78, 5) is -0.274. The minimum absolute atomic E-state index is 0.103. The number of nitrogens with zero attached hydrogens (tertiary/aromatic N) is 1. The molecule has 1 aromatic heterocycles. The van der Waals surface area contributed by atoms with Crippen LogP contribution in [0.4, 0.5) is 13.2 Å². The van der Waals surface area contributed by atoms with Crippen molar-refractivity contribution in [2.24, 2.45) is 0 Å². The molecule has 2 aromatic rings. The Morgan fingerprint density at radius 2 is 1.87 bits per heavy atom. The van der Waals surface area contributed by atoms with Gasteiger partial charge in [0.25, 0.3) is 0 Å². The maximum atomic E-state index is 12.7. The number of fused-ring (bicyclic) bond motifs is 1. The minimum atomic E-state index is -4.47. The predicted octanol–water partition coefficient (Wildman–Crippen LogP) is 3.79. The summed E-state index contributed by atoms with van der Waals surface area (Å²) in [6.07, 6.45) is -4.47. The topological polar surface area (TPSA) is 23.8 Å². The highest BCUT2D eigenvalue weighted by Crippen LogP contribution is 2.41.